The van der Waals surface area contributed by atoms with Crippen LogP contribution in [-0.2, 0) is 11.3 Å². The maximum absolute atomic E-state index is 13.5. The number of amides is 1. The Balaban J connectivity index is 1.77. The molecule has 0 spiro atoms. The molecule has 2 rings (SSSR count). The van der Waals surface area contributed by atoms with Gasteiger partial charge >= 0.3 is 0 Å². The molecule has 0 aliphatic heterocycles. The molecule has 1 amide bonds. The minimum atomic E-state index is -0.269. The Kier molecular flexibility index (Phi) is 6.18. The molecule has 0 radical (unpaired) electrons. The highest BCUT2D eigenvalue weighted by Gasteiger charge is 2.18. The highest BCUT2D eigenvalue weighted by Crippen LogP contribution is 2.20. The van der Waals surface area contributed by atoms with Gasteiger partial charge in [0.2, 0.25) is 5.91 Å². The van der Waals surface area contributed by atoms with Crippen LogP contribution in [0.5, 0.6) is 0 Å². The summed E-state index contributed by atoms with van der Waals surface area (Å²) in [6, 6.07) is 7.05. The summed E-state index contributed by atoms with van der Waals surface area (Å²) < 4.78 is 13.5. The van der Waals surface area contributed by atoms with Gasteiger partial charge in [-0.1, -0.05) is 43.9 Å². The van der Waals surface area contributed by atoms with Crippen molar-refractivity contribution < 1.29 is 9.18 Å². The van der Waals surface area contributed by atoms with Gasteiger partial charge in [-0.05, 0) is 26.0 Å². The van der Waals surface area contributed by atoms with Gasteiger partial charge in [-0.3, -0.25) is 9.69 Å². The molecule has 0 unspecified atom stereocenters. The first-order valence-corrected chi connectivity index (χ1v) is 7.87. The number of hydrogen-bond donors (Lipinski definition) is 1. The third-order valence-electron chi connectivity index (χ3n) is 4.27. The SMILES string of the molecule is CN(CC(=O)NCc1ccccc1F)C1CCCCCC1. The van der Waals surface area contributed by atoms with Crippen molar-refractivity contribution in [2.75, 3.05) is 13.6 Å². The first-order valence-electron chi connectivity index (χ1n) is 7.87. The molecule has 0 aromatic heterocycles. The van der Waals surface area contributed by atoms with E-state index in [0.29, 0.717) is 18.2 Å². The van der Waals surface area contributed by atoms with Crippen LogP contribution in [-0.4, -0.2) is 30.4 Å². The quantitative estimate of drug-likeness (QED) is 0.846. The van der Waals surface area contributed by atoms with E-state index in [1.165, 1.54) is 44.6 Å². The minimum absolute atomic E-state index is 0.0370. The Morgan fingerprint density at radius 3 is 2.57 bits per heavy atom. The molecule has 0 saturated heterocycles. The molecule has 4 heteroatoms. The lowest BCUT2D eigenvalue weighted by molar-refractivity contribution is -0.122. The number of nitrogens with zero attached hydrogens (tertiary/aromatic N) is 1. The third kappa shape index (κ3) is 5.12. The van der Waals surface area contributed by atoms with E-state index in [2.05, 4.69) is 10.2 Å². The summed E-state index contributed by atoms with van der Waals surface area (Å²) in [5, 5.41) is 2.80. The second-order valence-electron chi connectivity index (χ2n) is 5.93. The zero-order chi connectivity index (χ0) is 15.1. The van der Waals surface area contributed by atoms with E-state index in [4.69, 9.17) is 0 Å². The van der Waals surface area contributed by atoms with E-state index in [1.54, 1.807) is 18.2 Å². The highest BCUT2D eigenvalue weighted by atomic mass is 19.1. The lowest BCUT2D eigenvalue weighted by Gasteiger charge is -2.26. The predicted molar refractivity (Wildman–Crippen MR) is 82.4 cm³/mol. The van der Waals surface area contributed by atoms with Crippen molar-refractivity contribution in [3.8, 4) is 0 Å². The summed E-state index contributed by atoms with van der Waals surface area (Å²) in [4.78, 5) is 14.1. The number of halogens is 1. The van der Waals surface area contributed by atoms with Gasteiger partial charge in [0.1, 0.15) is 5.82 Å². The van der Waals surface area contributed by atoms with Crippen LogP contribution in [0, 0.1) is 5.82 Å². The maximum Gasteiger partial charge on any atom is 0.234 e. The molecule has 116 valence electrons. The van der Waals surface area contributed by atoms with Crippen molar-refractivity contribution in [3.05, 3.63) is 35.6 Å². The molecule has 21 heavy (non-hydrogen) atoms. The van der Waals surface area contributed by atoms with Gasteiger partial charge in [0.25, 0.3) is 0 Å². The number of likely N-dealkylation sites (N-methyl/N-ethyl adjacent to an activating group) is 1. The summed E-state index contributed by atoms with van der Waals surface area (Å²) in [6.45, 7) is 0.642. The summed E-state index contributed by atoms with van der Waals surface area (Å²) in [7, 11) is 2.01. The van der Waals surface area contributed by atoms with Gasteiger partial charge in [-0.2, -0.15) is 0 Å². The van der Waals surface area contributed by atoms with Crippen molar-refractivity contribution >= 4 is 5.91 Å². The molecule has 1 aliphatic carbocycles. The molecule has 1 aliphatic rings. The second kappa shape index (κ2) is 8.13. The molecule has 1 saturated carbocycles. The van der Waals surface area contributed by atoms with Crippen molar-refractivity contribution in [1.29, 1.82) is 0 Å². The molecule has 1 aromatic rings. The van der Waals surface area contributed by atoms with E-state index < -0.39 is 0 Å². The minimum Gasteiger partial charge on any atom is -0.351 e. The zero-order valence-electron chi connectivity index (χ0n) is 12.8. The lowest BCUT2D eigenvalue weighted by Crippen LogP contribution is -2.40. The Hall–Kier alpha value is -1.42. The van der Waals surface area contributed by atoms with Crippen LogP contribution in [0.3, 0.4) is 0 Å². The monoisotopic (exact) mass is 292 g/mol. The van der Waals surface area contributed by atoms with Crippen molar-refractivity contribution in [2.45, 2.75) is 51.1 Å². The summed E-state index contributed by atoms with van der Waals surface area (Å²) in [5.74, 6) is -0.306. The number of carbonyl (C=O) groups excluding carboxylic acids is 1. The Labute approximate surface area is 126 Å². The average molecular weight is 292 g/mol. The predicted octanol–water partition coefficient (Wildman–Crippen LogP) is 3.10. The van der Waals surface area contributed by atoms with Gasteiger partial charge in [0.05, 0.1) is 6.54 Å². The second-order valence-corrected chi connectivity index (χ2v) is 5.93. The van der Waals surface area contributed by atoms with Crippen LogP contribution in [0.4, 0.5) is 4.39 Å². The number of benzene rings is 1. The van der Waals surface area contributed by atoms with Crippen molar-refractivity contribution in [3.63, 3.8) is 0 Å². The summed E-state index contributed by atoms with van der Waals surface area (Å²) in [5.41, 5.74) is 0.531. The maximum atomic E-state index is 13.5. The fourth-order valence-electron chi connectivity index (χ4n) is 2.95. The van der Waals surface area contributed by atoms with Gasteiger partial charge in [0, 0.05) is 18.2 Å². The number of hydrogen-bond acceptors (Lipinski definition) is 2. The smallest absolute Gasteiger partial charge is 0.234 e. The Morgan fingerprint density at radius 1 is 1.24 bits per heavy atom. The molecule has 0 heterocycles. The molecule has 1 fully saturated rings. The molecule has 0 bridgehead atoms. The standard InChI is InChI=1S/C17H25FN2O/c1-20(15-9-4-2-3-5-10-15)13-17(21)19-12-14-8-6-7-11-16(14)18/h6-8,11,15H,2-5,9-10,12-13H2,1H3,(H,19,21). The van der Waals surface area contributed by atoms with E-state index in [9.17, 15) is 9.18 Å². The van der Waals surface area contributed by atoms with Gasteiger partial charge < -0.3 is 5.32 Å². The third-order valence-corrected chi connectivity index (χ3v) is 4.27. The summed E-state index contributed by atoms with van der Waals surface area (Å²) >= 11 is 0. The Bertz CT molecular complexity index is 456. The van der Waals surface area contributed by atoms with E-state index >= 15 is 0 Å². The normalized spacial score (nSPS) is 16.7. The fraction of sp³-hybridized carbons (Fsp3) is 0.588. The van der Waals surface area contributed by atoms with Crippen LogP contribution >= 0.6 is 0 Å². The van der Waals surface area contributed by atoms with Crippen LogP contribution in [0.2, 0.25) is 0 Å². The molecule has 0 atom stereocenters. The average Bonchev–Trinajstić information content (AvgIpc) is 2.75. The van der Waals surface area contributed by atoms with E-state index in [1.807, 2.05) is 7.05 Å². The first-order chi connectivity index (χ1) is 10.2. The van der Waals surface area contributed by atoms with Crippen LogP contribution in [0.15, 0.2) is 24.3 Å². The van der Waals surface area contributed by atoms with E-state index in [-0.39, 0.29) is 18.3 Å². The summed E-state index contributed by atoms with van der Waals surface area (Å²) in [6.07, 6.45) is 7.49. The first kappa shape index (κ1) is 16.0. The van der Waals surface area contributed by atoms with Crippen LogP contribution in [0.1, 0.15) is 44.1 Å². The molecular weight excluding hydrogens is 267 g/mol. The largest absolute Gasteiger partial charge is 0.351 e. The fourth-order valence-corrected chi connectivity index (χ4v) is 2.95. The lowest BCUT2D eigenvalue weighted by atomic mass is 10.1. The molecule has 1 N–H and O–H groups in total. The molecular formula is C17H25FN2O. The highest BCUT2D eigenvalue weighted by molar-refractivity contribution is 5.78. The van der Waals surface area contributed by atoms with Crippen molar-refractivity contribution in [1.82, 2.24) is 10.2 Å². The number of carbonyl (C=O) groups is 1. The topological polar surface area (TPSA) is 32.3 Å². The number of rotatable bonds is 5. The zero-order valence-corrected chi connectivity index (χ0v) is 12.8. The van der Waals surface area contributed by atoms with Crippen LogP contribution in [0.25, 0.3) is 0 Å². The number of nitrogens with one attached hydrogen (secondary N) is 1. The van der Waals surface area contributed by atoms with Gasteiger partial charge in [-0.25, -0.2) is 4.39 Å². The van der Waals surface area contributed by atoms with Gasteiger partial charge in [-0.15, -0.1) is 0 Å². The van der Waals surface area contributed by atoms with Crippen molar-refractivity contribution in [2.24, 2.45) is 0 Å². The van der Waals surface area contributed by atoms with Crippen LogP contribution < -0.4 is 5.32 Å². The Morgan fingerprint density at radius 2 is 1.90 bits per heavy atom. The van der Waals surface area contributed by atoms with Gasteiger partial charge in [0.15, 0.2) is 0 Å². The van der Waals surface area contributed by atoms with E-state index in [0.717, 1.165) is 0 Å². The molecule has 1 aromatic carbocycles. The molecule has 3 nitrogen and oxygen atoms in total.